The summed E-state index contributed by atoms with van der Waals surface area (Å²) in [6, 6.07) is 0. The Hall–Kier alpha value is -3.16. The fourth-order valence-corrected chi connectivity index (χ4v) is 3.53. The summed E-state index contributed by atoms with van der Waals surface area (Å²) in [7, 11) is 0. The lowest BCUT2D eigenvalue weighted by Crippen LogP contribution is -2.26. The standard InChI is InChI=1S/C22H28N2O6/c1-9(2)29-21(27)17-11(4)19(24-13(17)6)22(28)30-15(8)20(26)18-10(3)16(14(7)25)12(5)23-18/h9,15,23-24H,1-8H3. The third-order valence-corrected chi connectivity index (χ3v) is 4.88. The van der Waals surface area contributed by atoms with Gasteiger partial charge >= 0.3 is 11.9 Å². The predicted octanol–water partition coefficient (Wildman–Crippen LogP) is 3.77. The number of aromatic nitrogens is 2. The summed E-state index contributed by atoms with van der Waals surface area (Å²) in [5, 5.41) is 0. The van der Waals surface area contributed by atoms with Crippen LogP contribution in [0.4, 0.5) is 0 Å². The van der Waals surface area contributed by atoms with E-state index in [4.69, 9.17) is 9.47 Å². The maximum atomic E-state index is 12.8. The maximum absolute atomic E-state index is 12.8. The molecule has 8 nitrogen and oxygen atoms in total. The van der Waals surface area contributed by atoms with Gasteiger partial charge in [-0.1, -0.05) is 0 Å². The van der Waals surface area contributed by atoms with Gasteiger partial charge in [-0.25, -0.2) is 9.59 Å². The number of nitrogens with one attached hydrogen (secondary N) is 2. The zero-order chi connectivity index (χ0) is 22.9. The fourth-order valence-electron chi connectivity index (χ4n) is 3.53. The highest BCUT2D eigenvalue weighted by molar-refractivity contribution is 6.06. The second-order valence-corrected chi connectivity index (χ2v) is 7.67. The van der Waals surface area contributed by atoms with E-state index in [-0.39, 0.29) is 28.8 Å². The number of aryl methyl sites for hydroxylation is 2. The van der Waals surface area contributed by atoms with Crippen LogP contribution >= 0.6 is 0 Å². The van der Waals surface area contributed by atoms with Crippen LogP contribution in [0.1, 0.15) is 91.9 Å². The molecule has 30 heavy (non-hydrogen) atoms. The second kappa shape index (κ2) is 8.69. The summed E-state index contributed by atoms with van der Waals surface area (Å²) in [6.45, 7) is 13.0. The largest absolute Gasteiger partial charge is 0.459 e. The van der Waals surface area contributed by atoms with Gasteiger partial charge in [-0.3, -0.25) is 9.59 Å². The van der Waals surface area contributed by atoms with Crippen molar-refractivity contribution >= 4 is 23.5 Å². The smallest absolute Gasteiger partial charge is 0.355 e. The van der Waals surface area contributed by atoms with Crippen molar-refractivity contribution in [3.05, 3.63) is 45.0 Å². The maximum Gasteiger partial charge on any atom is 0.355 e. The van der Waals surface area contributed by atoms with E-state index < -0.39 is 23.8 Å². The molecule has 1 unspecified atom stereocenters. The first-order valence-corrected chi connectivity index (χ1v) is 9.72. The van der Waals surface area contributed by atoms with E-state index in [9.17, 15) is 19.2 Å². The number of H-pyrrole nitrogens is 2. The molecule has 0 saturated heterocycles. The van der Waals surface area contributed by atoms with E-state index in [0.717, 1.165) is 0 Å². The molecule has 2 N–H and O–H groups in total. The summed E-state index contributed by atoms with van der Waals surface area (Å²) in [4.78, 5) is 55.3. The Morgan fingerprint density at radius 2 is 1.23 bits per heavy atom. The topological polar surface area (TPSA) is 118 Å². The first kappa shape index (κ1) is 23.1. The minimum absolute atomic E-state index is 0.0895. The third-order valence-electron chi connectivity index (χ3n) is 4.88. The van der Waals surface area contributed by atoms with Crippen LogP contribution in [-0.2, 0) is 9.47 Å². The van der Waals surface area contributed by atoms with Gasteiger partial charge in [0, 0.05) is 17.0 Å². The van der Waals surface area contributed by atoms with Gasteiger partial charge < -0.3 is 19.4 Å². The highest BCUT2D eigenvalue weighted by atomic mass is 16.5. The van der Waals surface area contributed by atoms with Crippen LogP contribution in [0, 0.1) is 27.7 Å². The molecule has 1 atom stereocenters. The zero-order valence-electron chi connectivity index (χ0n) is 18.6. The van der Waals surface area contributed by atoms with Crippen LogP contribution in [-0.4, -0.2) is 45.7 Å². The van der Waals surface area contributed by atoms with Crippen molar-refractivity contribution in [2.45, 2.75) is 67.6 Å². The minimum Gasteiger partial charge on any atom is -0.459 e. The number of ether oxygens (including phenoxy) is 2. The van der Waals surface area contributed by atoms with Crippen molar-refractivity contribution < 1.29 is 28.7 Å². The van der Waals surface area contributed by atoms with Gasteiger partial charge in [-0.05, 0) is 66.5 Å². The number of rotatable bonds is 7. The molecule has 2 rings (SSSR count). The molecule has 0 aliphatic heterocycles. The number of aromatic amines is 2. The molecule has 0 aromatic carbocycles. The number of carbonyl (C=O) groups is 4. The molecule has 0 bridgehead atoms. The number of ketones is 2. The molecular weight excluding hydrogens is 388 g/mol. The quantitative estimate of drug-likeness (QED) is 0.524. The number of hydrogen-bond acceptors (Lipinski definition) is 6. The minimum atomic E-state index is -1.09. The summed E-state index contributed by atoms with van der Waals surface area (Å²) in [5.41, 5.74) is 3.05. The molecule has 0 fully saturated rings. The number of Topliss-reactive ketones (excluding diaryl/α,β-unsaturated/α-hetero) is 2. The SMILES string of the molecule is CC(=O)c1c(C)[nH]c(C(=O)C(C)OC(=O)c2[nH]c(C)c(C(=O)OC(C)C)c2C)c1C. The number of hydrogen-bond donors (Lipinski definition) is 2. The Balaban J connectivity index is 2.25. The van der Waals surface area contributed by atoms with Gasteiger partial charge in [-0.15, -0.1) is 0 Å². The zero-order valence-corrected chi connectivity index (χ0v) is 18.6. The molecule has 0 radical (unpaired) electrons. The number of esters is 2. The normalized spacial score (nSPS) is 12.0. The molecule has 8 heteroatoms. The lowest BCUT2D eigenvalue weighted by molar-refractivity contribution is 0.0311. The van der Waals surface area contributed by atoms with Crippen molar-refractivity contribution in [1.29, 1.82) is 0 Å². The molecule has 2 aromatic rings. The first-order chi connectivity index (χ1) is 13.9. The van der Waals surface area contributed by atoms with Crippen molar-refractivity contribution in [1.82, 2.24) is 9.97 Å². The van der Waals surface area contributed by atoms with Gasteiger partial charge in [0.05, 0.1) is 17.4 Å². The summed E-state index contributed by atoms with van der Waals surface area (Å²) >= 11 is 0. The molecule has 2 aromatic heterocycles. The Morgan fingerprint density at radius 1 is 0.733 bits per heavy atom. The van der Waals surface area contributed by atoms with Crippen LogP contribution in [0.5, 0.6) is 0 Å². The third kappa shape index (κ3) is 4.37. The fraction of sp³-hybridized carbons (Fsp3) is 0.455. The average molecular weight is 416 g/mol. The highest BCUT2D eigenvalue weighted by Gasteiger charge is 2.29. The average Bonchev–Trinajstić information content (AvgIpc) is 3.08. The molecule has 0 aliphatic carbocycles. The van der Waals surface area contributed by atoms with Gasteiger partial charge in [0.2, 0.25) is 5.78 Å². The van der Waals surface area contributed by atoms with Gasteiger partial charge in [0.25, 0.3) is 0 Å². The highest BCUT2D eigenvalue weighted by Crippen LogP contribution is 2.23. The molecule has 0 aliphatic rings. The van der Waals surface area contributed by atoms with Crippen molar-refractivity contribution in [3.8, 4) is 0 Å². The molecule has 0 spiro atoms. The van der Waals surface area contributed by atoms with E-state index in [1.54, 1.807) is 41.5 Å². The monoisotopic (exact) mass is 416 g/mol. The van der Waals surface area contributed by atoms with Crippen LogP contribution in [0.25, 0.3) is 0 Å². The number of carbonyl (C=O) groups excluding carboxylic acids is 4. The molecular formula is C22H28N2O6. The van der Waals surface area contributed by atoms with Crippen LogP contribution < -0.4 is 0 Å². The van der Waals surface area contributed by atoms with Crippen molar-refractivity contribution in [3.63, 3.8) is 0 Å². The Bertz CT molecular complexity index is 1030. The molecule has 0 amide bonds. The molecule has 162 valence electrons. The summed E-state index contributed by atoms with van der Waals surface area (Å²) < 4.78 is 10.6. The first-order valence-electron chi connectivity index (χ1n) is 9.72. The Kier molecular flexibility index (Phi) is 6.70. The predicted molar refractivity (Wildman–Crippen MR) is 110 cm³/mol. The summed E-state index contributed by atoms with van der Waals surface area (Å²) in [5.74, 6) is -1.89. The lowest BCUT2D eigenvalue weighted by Gasteiger charge is -2.12. The van der Waals surface area contributed by atoms with E-state index in [2.05, 4.69) is 9.97 Å². The van der Waals surface area contributed by atoms with E-state index in [0.29, 0.717) is 28.1 Å². The van der Waals surface area contributed by atoms with Crippen LogP contribution in [0.15, 0.2) is 0 Å². The van der Waals surface area contributed by atoms with Crippen LogP contribution in [0.2, 0.25) is 0 Å². The van der Waals surface area contributed by atoms with E-state index in [1.165, 1.54) is 13.8 Å². The van der Waals surface area contributed by atoms with Crippen molar-refractivity contribution in [2.75, 3.05) is 0 Å². The van der Waals surface area contributed by atoms with Gasteiger partial charge in [0.15, 0.2) is 11.9 Å². The van der Waals surface area contributed by atoms with Crippen molar-refractivity contribution in [2.24, 2.45) is 0 Å². The molecule has 2 heterocycles. The van der Waals surface area contributed by atoms with Gasteiger partial charge in [0.1, 0.15) is 5.69 Å². The summed E-state index contributed by atoms with van der Waals surface area (Å²) in [6.07, 6.45) is -1.39. The lowest BCUT2D eigenvalue weighted by atomic mass is 10.0. The second-order valence-electron chi connectivity index (χ2n) is 7.67. The Morgan fingerprint density at radius 3 is 1.73 bits per heavy atom. The van der Waals surface area contributed by atoms with Crippen LogP contribution in [0.3, 0.4) is 0 Å². The molecule has 0 saturated carbocycles. The van der Waals surface area contributed by atoms with E-state index >= 15 is 0 Å². The van der Waals surface area contributed by atoms with Gasteiger partial charge in [-0.2, -0.15) is 0 Å². The Labute approximate surface area is 175 Å². The van der Waals surface area contributed by atoms with E-state index in [1.807, 2.05) is 0 Å².